The summed E-state index contributed by atoms with van der Waals surface area (Å²) in [5.41, 5.74) is 2.41. The zero-order valence-electron chi connectivity index (χ0n) is 12.1. The second-order valence-corrected chi connectivity index (χ2v) is 5.32. The third-order valence-corrected chi connectivity index (χ3v) is 4.01. The average Bonchev–Trinajstić information content (AvgIpc) is 2.61. The summed E-state index contributed by atoms with van der Waals surface area (Å²) in [6, 6.07) is 20.6. The van der Waals surface area contributed by atoms with Crippen molar-refractivity contribution in [1.82, 2.24) is 4.98 Å². The SMILES string of the molecule is O=[N+]([O-])c1ccccc1-c1cccc2ccc3cccnc3c12. The van der Waals surface area contributed by atoms with Crippen molar-refractivity contribution in [3.05, 3.63) is 83.0 Å². The van der Waals surface area contributed by atoms with Crippen LogP contribution in [0.2, 0.25) is 0 Å². The molecule has 0 amide bonds. The Hall–Kier alpha value is -3.27. The quantitative estimate of drug-likeness (QED) is 0.298. The fourth-order valence-corrected chi connectivity index (χ4v) is 3.00. The number of nitrogens with zero attached hydrogens (tertiary/aromatic N) is 2. The summed E-state index contributed by atoms with van der Waals surface area (Å²) in [7, 11) is 0. The number of nitro benzene ring substituents is 1. The number of benzene rings is 3. The Morgan fingerprint density at radius 3 is 2.39 bits per heavy atom. The average molecular weight is 300 g/mol. The highest BCUT2D eigenvalue weighted by Crippen LogP contribution is 2.37. The van der Waals surface area contributed by atoms with Gasteiger partial charge in [-0.25, -0.2) is 0 Å². The molecule has 0 unspecified atom stereocenters. The molecule has 4 nitrogen and oxygen atoms in total. The maximum Gasteiger partial charge on any atom is 0.277 e. The second-order valence-electron chi connectivity index (χ2n) is 5.32. The van der Waals surface area contributed by atoms with E-state index in [1.807, 2.05) is 48.5 Å². The molecule has 1 heterocycles. The number of aromatic nitrogens is 1. The van der Waals surface area contributed by atoms with Crippen molar-refractivity contribution in [3.63, 3.8) is 0 Å². The van der Waals surface area contributed by atoms with Crippen LogP contribution in [0.1, 0.15) is 0 Å². The van der Waals surface area contributed by atoms with Gasteiger partial charge in [0.1, 0.15) is 0 Å². The van der Waals surface area contributed by atoms with Crippen molar-refractivity contribution in [3.8, 4) is 11.1 Å². The monoisotopic (exact) mass is 300 g/mol. The van der Waals surface area contributed by atoms with Gasteiger partial charge in [-0.05, 0) is 23.1 Å². The molecule has 4 aromatic rings. The van der Waals surface area contributed by atoms with E-state index in [1.54, 1.807) is 18.3 Å². The molecule has 0 aliphatic rings. The Balaban J connectivity index is 2.17. The molecule has 23 heavy (non-hydrogen) atoms. The summed E-state index contributed by atoms with van der Waals surface area (Å²) in [5, 5.41) is 14.4. The van der Waals surface area contributed by atoms with Crippen molar-refractivity contribution in [2.45, 2.75) is 0 Å². The first-order valence-electron chi connectivity index (χ1n) is 7.26. The van der Waals surface area contributed by atoms with E-state index < -0.39 is 0 Å². The maximum absolute atomic E-state index is 11.4. The zero-order chi connectivity index (χ0) is 15.8. The molecular formula is C19H12N2O2. The smallest absolute Gasteiger partial charge is 0.258 e. The molecule has 4 heteroatoms. The summed E-state index contributed by atoms with van der Waals surface area (Å²) in [5.74, 6) is 0. The van der Waals surface area contributed by atoms with Crippen LogP contribution >= 0.6 is 0 Å². The molecule has 0 saturated heterocycles. The van der Waals surface area contributed by atoms with Gasteiger partial charge in [-0.1, -0.05) is 48.5 Å². The van der Waals surface area contributed by atoms with Gasteiger partial charge >= 0.3 is 0 Å². The summed E-state index contributed by atoms with van der Waals surface area (Å²) in [6.07, 6.45) is 1.75. The number of hydrogen-bond donors (Lipinski definition) is 0. The first-order valence-corrected chi connectivity index (χ1v) is 7.26. The largest absolute Gasteiger partial charge is 0.277 e. The van der Waals surface area contributed by atoms with Crippen molar-refractivity contribution in [1.29, 1.82) is 0 Å². The number of para-hydroxylation sites is 1. The predicted molar refractivity (Wildman–Crippen MR) is 91.3 cm³/mol. The minimum Gasteiger partial charge on any atom is -0.258 e. The van der Waals surface area contributed by atoms with Crippen LogP contribution in [0.25, 0.3) is 32.8 Å². The lowest BCUT2D eigenvalue weighted by Gasteiger charge is -2.10. The maximum atomic E-state index is 11.4. The summed E-state index contributed by atoms with van der Waals surface area (Å²) in [4.78, 5) is 15.5. The van der Waals surface area contributed by atoms with Crippen LogP contribution in [0, 0.1) is 10.1 Å². The van der Waals surface area contributed by atoms with Gasteiger partial charge in [-0.2, -0.15) is 0 Å². The highest BCUT2D eigenvalue weighted by molar-refractivity contribution is 6.13. The first-order chi connectivity index (χ1) is 11.3. The molecule has 0 aliphatic carbocycles. The van der Waals surface area contributed by atoms with Gasteiger partial charge in [-0.3, -0.25) is 15.1 Å². The standard InChI is InChI=1S/C19H12N2O2/c22-21(23)17-9-2-1-7-15(17)16-8-3-5-13-10-11-14-6-4-12-20-19(14)18(13)16/h1-12H. The van der Waals surface area contributed by atoms with Gasteiger partial charge in [0.05, 0.1) is 16.0 Å². The Labute approximate surface area is 132 Å². The van der Waals surface area contributed by atoms with E-state index in [4.69, 9.17) is 0 Å². The van der Waals surface area contributed by atoms with E-state index in [-0.39, 0.29) is 10.6 Å². The Morgan fingerprint density at radius 2 is 1.52 bits per heavy atom. The van der Waals surface area contributed by atoms with E-state index in [1.165, 1.54) is 6.07 Å². The van der Waals surface area contributed by atoms with Gasteiger partial charge in [0.15, 0.2) is 0 Å². The number of hydrogen-bond acceptors (Lipinski definition) is 3. The number of rotatable bonds is 2. The molecule has 0 N–H and O–H groups in total. The van der Waals surface area contributed by atoms with Crippen LogP contribution in [0.5, 0.6) is 0 Å². The van der Waals surface area contributed by atoms with Crippen LogP contribution in [-0.2, 0) is 0 Å². The van der Waals surface area contributed by atoms with E-state index in [9.17, 15) is 10.1 Å². The Morgan fingerprint density at radius 1 is 0.783 bits per heavy atom. The zero-order valence-corrected chi connectivity index (χ0v) is 12.1. The Kier molecular flexibility index (Phi) is 3.01. The lowest BCUT2D eigenvalue weighted by atomic mass is 9.95. The van der Waals surface area contributed by atoms with Crippen LogP contribution in [0.15, 0.2) is 72.9 Å². The molecule has 0 fully saturated rings. The number of fused-ring (bicyclic) bond motifs is 3. The summed E-state index contributed by atoms with van der Waals surface area (Å²) < 4.78 is 0. The number of pyridine rings is 1. The van der Waals surface area contributed by atoms with Gasteiger partial charge < -0.3 is 0 Å². The summed E-state index contributed by atoms with van der Waals surface area (Å²) >= 11 is 0. The fourth-order valence-electron chi connectivity index (χ4n) is 3.00. The second kappa shape index (κ2) is 5.18. The molecule has 0 aliphatic heterocycles. The molecule has 0 bridgehead atoms. The van der Waals surface area contributed by atoms with Gasteiger partial charge in [0.25, 0.3) is 5.69 Å². The van der Waals surface area contributed by atoms with Crippen LogP contribution < -0.4 is 0 Å². The minimum atomic E-state index is -0.341. The van der Waals surface area contributed by atoms with Gasteiger partial charge in [0.2, 0.25) is 0 Å². The van der Waals surface area contributed by atoms with Crippen molar-refractivity contribution < 1.29 is 4.92 Å². The van der Waals surface area contributed by atoms with E-state index in [0.717, 1.165) is 27.2 Å². The topological polar surface area (TPSA) is 56.0 Å². The summed E-state index contributed by atoms with van der Waals surface area (Å²) in [6.45, 7) is 0. The molecule has 1 aromatic heterocycles. The molecule has 4 rings (SSSR count). The molecule has 0 spiro atoms. The lowest BCUT2D eigenvalue weighted by Crippen LogP contribution is -1.93. The predicted octanol–water partition coefficient (Wildman–Crippen LogP) is 4.96. The van der Waals surface area contributed by atoms with Crippen LogP contribution in [-0.4, -0.2) is 9.91 Å². The van der Waals surface area contributed by atoms with E-state index in [2.05, 4.69) is 4.98 Å². The third kappa shape index (κ3) is 2.12. The van der Waals surface area contributed by atoms with Gasteiger partial charge in [0, 0.05) is 23.0 Å². The molecule has 110 valence electrons. The third-order valence-electron chi connectivity index (χ3n) is 4.01. The normalized spacial score (nSPS) is 11.0. The minimum absolute atomic E-state index is 0.105. The molecular weight excluding hydrogens is 288 g/mol. The van der Waals surface area contributed by atoms with Crippen molar-refractivity contribution in [2.24, 2.45) is 0 Å². The molecule has 0 saturated carbocycles. The fraction of sp³-hybridized carbons (Fsp3) is 0. The highest BCUT2D eigenvalue weighted by Gasteiger charge is 2.17. The van der Waals surface area contributed by atoms with Crippen LogP contribution in [0.3, 0.4) is 0 Å². The van der Waals surface area contributed by atoms with E-state index >= 15 is 0 Å². The van der Waals surface area contributed by atoms with Gasteiger partial charge in [-0.15, -0.1) is 0 Å². The first kappa shape index (κ1) is 13.4. The molecule has 0 radical (unpaired) electrons. The molecule has 0 atom stereocenters. The lowest BCUT2D eigenvalue weighted by molar-refractivity contribution is -0.384. The van der Waals surface area contributed by atoms with Crippen molar-refractivity contribution in [2.75, 3.05) is 0 Å². The van der Waals surface area contributed by atoms with Crippen LogP contribution in [0.4, 0.5) is 5.69 Å². The Bertz CT molecular complexity index is 1060. The van der Waals surface area contributed by atoms with Crippen molar-refractivity contribution >= 4 is 27.4 Å². The number of nitro groups is 1. The highest BCUT2D eigenvalue weighted by atomic mass is 16.6. The molecule has 3 aromatic carbocycles. The van der Waals surface area contributed by atoms with E-state index in [0.29, 0.717) is 5.56 Å².